The molecule has 148 valence electrons. The van der Waals surface area contributed by atoms with Gasteiger partial charge in [-0.1, -0.05) is 48.0 Å². The molecule has 3 aromatic rings. The molecule has 1 aliphatic heterocycles. The summed E-state index contributed by atoms with van der Waals surface area (Å²) < 4.78 is 0. The van der Waals surface area contributed by atoms with Gasteiger partial charge in [-0.05, 0) is 59.0 Å². The van der Waals surface area contributed by atoms with Crippen molar-refractivity contribution in [3.8, 4) is 11.1 Å². The fourth-order valence-electron chi connectivity index (χ4n) is 4.02. The number of nitrogens with one attached hydrogen (secondary N) is 1. The minimum absolute atomic E-state index is 0.0141. The molecule has 0 atom stereocenters. The van der Waals surface area contributed by atoms with Crippen molar-refractivity contribution in [1.82, 2.24) is 10.2 Å². The molecule has 0 bridgehead atoms. The Hall–Kier alpha value is -2.85. The number of hydrogen-bond donors (Lipinski definition) is 1. The van der Waals surface area contributed by atoms with Crippen molar-refractivity contribution >= 4 is 34.2 Å². The van der Waals surface area contributed by atoms with E-state index >= 15 is 0 Å². The molecule has 4 rings (SSSR count). The van der Waals surface area contributed by atoms with Gasteiger partial charge in [0.05, 0.1) is 0 Å². The van der Waals surface area contributed by atoms with Crippen molar-refractivity contribution in [1.29, 1.82) is 0 Å². The third kappa shape index (κ3) is 4.28. The molecule has 1 fully saturated rings. The van der Waals surface area contributed by atoms with Crippen molar-refractivity contribution < 1.29 is 9.59 Å². The van der Waals surface area contributed by atoms with Crippen LogP contribution in [-0.4, -0.2) is 35.8 Å². The molecule has 2 amide bonds. The Morgan fingerprint density at radius 2 is 1.76 bits per heavy atom. The summed E-state index contributed by atoms with van der Waals surface area (Å²) in [7, 11) is 0. The van der Waals surface area contributed by atoms with E-state index in [2.05, 4.69) is 11.4 Å². The van der Waals surface area contributed by atoms with Crippen LogP contribution in [0.2, 0.25) is 5.02 Å². The van der Waals surface area contributed by atoms with E-state index in [9.17, 15) is 9.59 Å². The maximum atomic E-state index is 13.0. The standard InChI is InChI=1S/C24H23ClN2O2/c1-16(28)26-21-10-12-27(13-11-21)24(29)19-8-9-23-17(14-19)5-3-7-22(23)18-4-2-6-20(25)15-18/h2-9,14-15,21H,10-13H2,1H3,(H,26,28). The molecule has 3 aromatic carbocycles. The monoisotopic (exact) mass is 406 g/mol. The van der Waals surface area contributed by atoms with Crippen molar-refractivity contribution in [2.45, 2.75) is 25.8 Å². The number of nitrogens with zero attached hydrogens (tertiary/aromatic N) is 1. The van der Waals surface area contributed by atoms with Crippen molar-refractivity contribution in [2.24, 2.45) is 0 Å². The Morgan fingerprint density at radius 3 is 2.48 bits per heavy atom. The molecule has 5 heteroatoms. The molecule has 0 saturated carbocycles. The fraction of sp³-hybridized carbons (Fsp3) is 0.250. The van der Waals surface area contributed by atoms with Gasteiger partial charge in [0, 0.05) is 36.6 Å². The van der Waals surface area contributed by atoms with Crippen LogP contribution in [0.3, 0.4) is 0 Å². The van der Waals surface area contributed by atoms with Crippen LogP contribution < -0.4 is 5.32 Å². The zero-order valence-corrected chi connectivity index (χ0v) is 17.1. The number of fused-ring (bicyclic) bond motifs is 1. The topological polar surface area (TPSA) is 49.4 Å². The fourth-order valence-corrected chi connectivity index (χ4v) is 4.21. The van der Waals surface area contributed by atoms with Crippen LogP contribution in [-0.2, 0) is 4.79 Å². The molecule has 1 saturated heterocycles. The van der Waals surface area contributed by atoms with Crippen LogP contribution in [0, 0.1) is 0 Å². The molecule has 1 aliphatic rings. The smallest absolute Gasteiger partial charge is 0.253 e. The lowest BCUT2D eigenvalue weighted by Crippen LogP contribution is -2.46. The summed E-state index contributed by atoms with van der Waals surface area (Å²) in [5.74, 6) is 0.0288. The van der Waals surface area contributed by atoms with Gasteiger partial charge in [-0.3, -0.25) is 9.59 Å². The first-order chi connectivity index (χ1) is 14.0. The summed E-state index contributed by atoms with van der Waals surface area (Å²) in [5.41, 5.74) is 2.85. The van der Waals surface area contributed by atoms with Gasteiger partial charge in [0.1, 0.15) is 0 Å². The zero-order chi connectivity index (χ0) is 20.4. The van der Waals surface area contributed by atoms with E-state index in [1.165, 1.54) is 6.92 Å². The van der Waals surface area contributed by atoms with Crippen LogP contribution in [0.1, 0.15) is 30.1 Å². The van der Waals surface area contributed by atoms with Gasteiger partial charge in [-0.2, -0.15) is 0 Å². The summed E-state index contributed by atoms with van der Waals surface area (Å²) in [6.45, 7) is 2.85. The number of amides is 2. The maximum Gasteiger partial charge on any atom is 0.253 e. The number of carbonyl (C=O) groups is 2. The number of carbonyl (C=O) groups excluding carboxylic acids is 2. The second kappa shape index (κ2) is 8.26. The molecule has 1 heterocycles. The van der Waals surface area contributed by atoms with E-state index in [-0.39, 0.29) is 17.9 Å². The third-order valence-electron chi connectivity index (χ3n) is 5.45. The largest absolute Gasteiger partial charge is 0.353 e. The quantitative estimate of drug-likeness (QED) is 0.672. The summed E-state index contributed by atoms with van der Waals surface area (Å²) in [6, 6.07) is 20.0. The predicted molar refractivity (Wildman–Crippen MR) is 117 cm³/mol. The number of piperidine rings is 1. The molecule has 4 nitrogen and oxygen atoms in total. The van der Waals surface area contributed by atoms with E-state index in [1.807, 2.05) is 59.5 Å². The Labute approximate surface area is 175 Å². The highest BCUT2D eigenvalue weighted by Crippen LogP contribution is 2.31. The highest BCUT2D eigenvalue weighted by Gasteiger charge is 2.24. The van der Waals surface area contributed by atoms with Gasteiger partial charge >= 0.3 is 0 Å². The van der Waals surface area contributed by atoms with E-state index in [1.54, 1.807) is 0 Å². The van der Waals surface area contributed by atoms with Crippen molar-refractivity contribution in [3.63, 3.8) is 0 Å². The molecule has 0 radical (unpaired) electrons. The number of halogens is 1. The van der Waals surface area contributed by atoms with E-state index in [0.717, 1.165) is 34.7 Å². The highest BCUT2D eigenvalue weighted by molar-refractivity contribution is 6.30. The number of likely N-dealkylation sites (tertiary alicyclic amines) is 1. The lowest BCUT2D eigenvalue weighted by Gasteiger charge is -2.32. The maximum absolute atomic E-state index is 13.0. The first kappa shape index (κ1) is 19.5. The lowest BCUT2D eigenvalue weighted by atomic mass is 9.96. The van der Waals surface area contributed by atoms with E-state index in [4.69, 9.17) is 11.6 Å². The number of benzene rings is 3. The van der Waals surface area contributed by atoms with Gasteiger partial charge in [0.25, 0.3) is 5.91 Å². The Morgan fingerprint density at radius 1 is 1.00 bits per heavy atom. The zero-order valence-electron chi connectivity index (χ0n) is 16.3. The summed E-state index contributed by atoms with van der Waals surface area (Å²) >= 11 is 6.16. The van der Waals surface area contributed by atoms with Gasteiger partial charge in [0.2, 0.25) is 5.91 Å². The van der Waals surface area contributed by atoms with Crippen molar-refractivity contribution in [2.75, 3.05) is 13.1 Å². The third-order valence-corrected chi connectivity index (χ3v) is 5.69. The summed E-state index contributed by atoms with van der Waals surface area (Å²) in [6.07, 6.45) is 1.58. The predicted octanol–water partition coefficient (Wildman–Crippen LogP) is 4.90. The van der Waals surface area contributed by atoms with Crippen LogP contribution in [0.5, 0.6) is 0 Å². The van der Waals surface area contributed by atoms with Gasteiger partial charge < -0.3 is 10.2 Å². The minimum atomic E-state index is -0.0141. The molecule has 0 spiro atoms. The average Bonchev–Trinajstić information content (AvgIpc) is 2.72. The van der Waals surface area contributed by atoms with Crippen LogP contribution in [0.15, 0.2) is 60.7 Å². The summed E-state index contributed by atoms with van der Waals surface area (Å²) in [5, 5.41) is 5.77. The van der Waals surface area contributed by atoms with Crippen LogP contribution in [0.25, 0.3) is 21.9 Å². The molecule has 29 heavy (non-hydrogen) atoms. The van der Waals surface area contributed by atoms with E-state index in [0.29, 0.717) is 23.7 Å². The number of rotatable bonds is 3. The SMILES string of the molecule is CC(=O)NC1CCN(C(=O)c2ccc3c(-c4cccc(Cl)c4)cccc3c2)CC1. The van der Waals surface area contributed by atoms with Gasteiger partial charge in [-0.15, -0.1) is 0 Å². The second-order valence-corrected chi connectivity index (χ2v) is 7.96. The van der Waals surface area contributed by atoms with Gasteiger partial charge in [0.15, 0.2) is 0 Å². The molecule has 0 unspecified atom stereocenters. The van der Waals surface area contributed by atoms with Crippen LogP contribution in [0.4, 0.5) is 0 Å². The van der Waals surface area contributed by atoms with Crippen LogP contribution >= 0.6 is 11.6 Å². The number of hydrogen-bond acceptors (Lipinski definition) is 2. The van der Waals surface area contributed by atoms with Gasteiger partial charge in [-0.25, -0.2) is 0 Å². The molecular formula is C24H23ClN2O2. The Balaban J connectivity index is 1.57. The summed E-state index contributed by atoms with van der Waals surface area (Å²) in [4.78, 5) is 26.1. The average molecular weight is 407 g/mol. The van der Waals surface area contributed by atoms with Crippen molar-refractivity contribution in [3.05, 3.63) is 71.2 Å². The molecule has 0 aliphatic carbocycles. The minimum Gasteiger partial charge on any atom is -0.353 e. The Kier molecular flexibility index (Phi) is 5.54. The lowest BCUT2D eigenvalue weighted by molar-refractivity contribution is -0.119. The normalized spacial score (nSPS) is 14.8. The highest BCUT2D eigenvalue weighted by atomic mass is 35.5. The molecule has 1 N–H and O–H groups in total. The Bertz CT molecular complexity index is 1070. The molecular weight excluding hydrogens is 384 g/mol. The first-order valence-corrected chi connectivity index (χ1v) is 10.2. The second-order valence-electron chi connectivity index (χ2n) is 7.52. The first-order valence-electron chi connectivity index (χ1n) is 9.86. The molecule has 0 aromatic heterocycles. The van der Waals surface area contributed by atoms with E-state index < -0.39 is 0 Å².